The van der Waals surface area contributed by atoms with Crippen LogP contribution in [-0.4, -0.2) is 49.1 Å². The number of amides is 1. The summed E-state index contributed by atoms with van der Waals surface area (Å²) in [6.07, 6.45) is 1.81. The van der Waals surface area contributed by atoms with Crippen LogP contribution in [0.4, 0.5) is 11.4 Å². The molecule has 0 heterocycles. The van der Waals surface area contributed by atoms with Gasteiger partial charge in [0.25, 0.3) is 11.6 Å². The molecule has 1 aliphatic rings. The van der Waals surface area contributed by atoms with Crippen LogP contribution in [0.3, 0.4) is 0 Å². The van der Waals surface area contributed by atoms with Crippen molar-refractivity contribution in [2.24, 2.45) is 0 Å². The summed E-state index contributed by atoms with van der Waals surface area (Å²) in [7, 11) is 4.94. The summed E-state index contributed by atoms with van der Waals surface area (Å²) in [4.78, 5) is 24.0. The van der Waals surface area contributed by atoms with E-state index in [-0.39, 0.29) is 23.7 Å². The number of benzene rings is 1. The molecular weight excluding hydrogens is 274 g/mol. The molecule has 1 saturated carbocycles. The summed E-state index contributed by atoms with van der Waals surface area (Å²) in [6.45, 7) is 0. The minimum absolute atomic E-state index is 0.0221. The van der Waals surface area contributed by atoms with E-state index in [9.17, 15) is 14.9 Å². The van der Waals surface area contributed by atoms with Crippen LogP contribution in [-0.2, 0) is 4.74 Å². The fourth-order valence-corrected chi connectivity index (χ4v) is 2.30. The maximum atomic E-state index is 12.0. The number of nitrogens with zero attached hydrogens (tertiary/aromatic N) is 2. The molecule has 0 radical (unpaired) electrons. The van der Waals surface area contributed by atoms with E-state index in [4.69, 9.17) is 4.74 Å². The molecule has 0 spiro atoms. The second kappa shape index (κ2) is 6.09. The summed E-state index contributed by atoms with van der Waals surface area (Å²) in [5.41, 5.74) is 0.786. The van der Waals surface area contributed by atoms with Crippen molar-refractivity contribution in [1.82, 2.24) is 4.90 Å². The highest BCUT2D eigenvalue weighted by atomic mass is 16.6. The van der Waals surface area contributed by atoms with Crippen molar-refractivity contribution >= 4 is 17.3 Å². The zero-order valence-electron chi connectivity index (χ0n) is 12.3. The van der Waals surface area contributed by atoms with Crippen molar-refractivity contribution in [1.29, 1.82) is 0 Å². The molecule has 1 N–H and O–H groups in total. The Hall–Kier alpha value is -2.15. The van der Waals surface area contributed by atoms with Crippen molar-refractivity contribution in [3.63, 3.8) is 0 Å². The van der Waals surface area contributed by atoms with Gasteiger partial charge in [0, 0.05) is 38.9 Å². The monoisotopic (exact) mass is 293 g/mol. The normalized spacial score (nSPS) is 20.5. The first-order valence-corrected chi connectivity index (χ1v) is 6.71. The third-order valence-electron chi connectivity index (χ3n) is 3.63. The largest absolute Gasteiger partial charge is 0.381 e. The quantitative estimate of drug-likeness (QED) is 0.662. The first kappa shape index (κ1) is 15.2. The molecule has 7 heteroatoms. The third-order valence-corrected chi connectivity index (χ3v) is 3.63. The van der Waals surface area contributed by atoms with Gasteiger partial charge in [0.15, 0.2) is 0 Å². The highest BCUT2D eigenvalue weighted by Crippen LogP contribution is 2.31. The van der Waals surface area contributed by atoms with E-state index < -0.39 is 4.92 Å². The minimum atomic E-state index is -0.446. The number of nitro benzene ring substituents is 1. The standard InChI is InChI=1S/C14H19N3O4/c1-16(2)14(18)9-4-5-13(17(19)20)12(6-9)15-10-7-11(8-10)21-3/h4-6,10-11,15H,7-8H2,1-3H3. The van der Waals surface area contributed by atoms with Crippen LogP contribution in [0.2, 0.25) is 0 Å². The number of hydrogen-bond acceptors (Lipinski definition) is 5. The van der Waals surface area contributed by atoms with E-state index in [0.717, 1.165) is 12.8 Å². The maximum absolute atomic E-state index is 12.0. The Morgan fingerprint density at radius 2 is 2.10 bits per heavy atom. The van der Waals surface area contributed by atoms with Crippen LogP contribution in [0.1, 0.15) is 23.2 Å². The summed E-state index contributed by atoms with van der Waals surface area (Å²) in [5.74, 6) is -0.184. The Kier molecular flexibility index (Phi) is 4.42. The summed E-state index contributed by atoms with van der Waals surface area (Å²) < 4.78 is 5.19. The molecular formula is C14H19N3O4. The number of nitrogens with one attached hydrogen (secondary N) is 1. The van der Waals surface area contributed by atoms with E-state index >= 15 is 0 Å². The molecule has 0 aromatic heterocycles. The Bertz CT molecular complexity index is 553. The number of nitro groups is 1. The highest BCUT2D eigenvalue weighted by Gasteiger charge is 2.30. The van der Waals surface area contributed by atoms with E-state index in [1.54, 1.807) is 27.3 Å². The fourth-order valence-electron chi connectivity index (χ4n) is 2.30. The Morgan fingerprint density at radius 1 is 1.43 bits per heavy atom. The molecule has 2 rings (SSSR count). The van der Waals surface area contributed by atoms with Crippen LogP contribution in [0, 0.1) is 10.1 Å². The average molecular weight is 293 g/mol. The van der Waals surface area contributed by atoms with E-state index in [2.05, 4.69) is 5.32 Å². The van der Waals surface area contributed by atoms with Gasteiger partial charge < -0.3 is 15.0 Å². The SMILES string of the molecule is COC1CC(Nc2cc(C(=O)N(C)C)ccc2[N+](=O)[O-])C1. The maximum Gasteiger partial charge on any atom is 0.292 e. The summed E-state index contributed by atoms with van der Waals surface area (Å²) >= 11 is 0. The van der Waals surface area contributed by atoms with Crippen molar-refractivity contribution in [3.05, 3.63) is 33.9 Å². The van der Waals surface area contributed by atoms with Gasteiger partial charge >= 0.3 is 0 Å². The lowest BCUT2D eigenvalue weighted by Gasteiger charge is -2.35. The van der Waals surface area contributed by atoms with Crippen LogP contribution < -0.4 is 5.32 Å². The molecule has 1 amide bonds. The zero-order valence-corrected chi connectivity index (χ0v) is 12.3. The van der Waals surface area contributed by atoms with Gasteiger partial charge in [-0.15, -0.1) is 0 Å². The van der Waals surface area contributed by atoms with Gasteiger partial charge in [-0.1, -0.05) is 0 Å². The van der Waals surface area contributed by atoms with Crippen LogP contribution in [0.25, 0.3) is 0 Å². The number of carbonyl (C=O) groups excluding carboxylic acids is 1. The number of ether oxygens (including phenoxy) is 1. The van der Waals surface area contributed by atoms with Crippen LogP contribution in [0.15, 0.2) is 18.2 Å². The number of anilines is 1. The summed E-state index contributed by atoms with van der Waals surface area (Å²) in [5, 5.41) is 14.2. The molecule has 114 valence electrons. The van der Waals surface area contributed by atoms with Crippen molar-refractivity contribution < 1.29 is 14.5 Å². The molecule has 1 aliphatic carbocycles. The lowest BCUT2D eigenvalue weighted by atomic mass is 9.89. The Balaban J connectivity index is 2.21. The average Bonchev–Trinajstić information content (AvgIpc) is 2.40. The van der Waals surface area contributed by atoms with Gasteiger partial charge in [0.1, 0.15) is 5.69 Å². The van der Waals surface area contributed by atoms with Crippen molar-refractivity contribution in [3.8, 4) is 0 Å². The lowest BCUT2D eigenvalue weighted by molar-refractivity contribution is -0.384. The van der Waals surface area contributed by atoms with Gasteiger partial charge in [-0.2, -0.15) is 0 Å². The predicted octanol–water partition coefficient (Wildman–Crippen LogP) is 1.89. The molecule has 21 heavy (non-hydrogen) atoms. The van der Waals surface area contributed by atoms with Gasteiger partial charge in [-0.05, 0) is 25.0 Å². The van der Waals surface area contributed by atoms with Crippen molar-refractivity contribution in [2.45, 2.75) is 25.0 Å². The molecule has 1 fully saturated rings. The topological polar surface area (TPSA) is 84.7 Å². The molecule has 0 unspecified atom stereocenters. The van der Waals surface area contributed by atoms with Crippen LogP contribution >= 0.6 is 0 Å². The van der Waals surface area contributed by atoms with E-state index in [1.165, 1.54) is 17.0 Å². The lowest BCUT2D eigenvalue weighted by Crippen LogP contribution is -2.40. The summed E-state index contributed by atoms with van der Waals surface area (Å²) in [6, 6.07) is 4.52. The van der Waals surface area contributed by atoms with E-state index in [1.807, 2.05) is 0 Å². The Morgan fingerprint density at radius 3 is 2.62 bits per heavy atom. The van der Waals surface area contributed by atoms with E-state index in [0.29, 0.717) is 11.3 Å². The fraction of sp³-hybridized carbons (Fsp3) is 0.500. The predicted molar refractivity (Wildman–Crippen MR) is 78.6 cm³/mol. The third kappa shape index (κ3) is 3.30. The molecule has 1 aromatic carbocycles. The molecule has 0 bridgehead atoms. The molecule has 7 nitrogen and oxygen atoms in total. The first-order chi connectivity index (χ1) is 9.92. The zero-order chi connectivity index (χ0) is 15.6. The first-order valence-electron chi connectivity index (χ1n) is 6.71. The Labute approximate surface area is 123 Å². The second-order valence-electron chi connectivity index (χ2n) is 5.36. The molecule has 1 aromatic rings. The molecule has 0 atom stereocenters. The molecule has 0 saturated heterocycles. The minimum Gasteiger partial charge on any atom is -0.381 e. The number of methoxy groups -OCH3 is 1. The van der Waals surface area contributed by atoms with Gasteiger partial charge in [-0.3, -0.25) is 14.9 Å². The van der Waals surface area contributed by atoms with Gasteiger partial charge in [0.05, 0.1) is 11.0 Å². The number of hydrogen-bond donors (Lipinski definition) is 1. The highest BCUT2D eigenvalue weighted by molar-refractivity contribution is 5.95. The number of carbonyl (C=O) groups is 1. The smallest absolute Gasteiger partial charge is 0.292 e. The van der Waals surface area contributed by atoms with Crippen LogP contribution in [0.5, 0.6) is 0 Å². The van der Waals surface area contributed by atoms with Gasteiger partial charge in [0.2, 0.25) is 0 Å². The van der Waals surface area contributed by atoms with Gasteiger partial charge in [-0.25, -0.2) is 0 Å². The van der Waals surface area contributed by atoms with Crippen molar-refractivity contribution in [2.75, 3.05) is 26.5 Å². The second-order valence-corrected chi connectivity index (χ2v) is 5.36. The molecule has 0 aliphatic heterocycles. The number of rotatable bonds is 5.